The van der Waals surface area contributed by atoms with Gasteiger partial charge >= 0.3 is 0 Å². The van der Waals surface area contributed by atoms with Crippen molar-refractivity contribution in [3.8, 4) is 11.3 Å². The van der Waals surface area contributed by atoms with Crippen LogP contribution in [0.25, 0.3) is 11.3 Å². The maximum absolute atomic E-state index is 13.0. The molecule has 1 aromatic carbocycles. The van der Waals surface area contributed by atoms with E-state index in [1.165, 1.54) is 32.3 Å². The minimum atomic E-state index is -3.55. The molecule has 2 aromatic heterocycles. The summed E-state index contributed by atoms with van der Waals surface area (Å²) in [6.07, 6.45) is 1.71. The molecular formula is C20H25FN4O3S. The van der Waals surface area contributed by atoms with Gasteiger partial charge in [-0.1, -0.05) is 0 Å². The maximum Gasteiger partial charge on any atom is 0.275 e. The van der Waals surface area contributed by atoms with Crippen LogP contribution in [0.2, 0.25) is 0 Å². The van der Waals surface area contributed by atoms with E-state index in [0.717, 1.165) is 40.6 Å². The van der Waals surface area contributed by atoms with Crippen LogP contribution >= 0.6 is 0 Å². The van der Waals surface area contributed by atoms with Crippen molar-refractivity contribution in [1.29, 1.82) is 0 Å². The first-order chi connectivity index (χ1) is 13.8. The molecule has 0 aliphatic rings. The first-order valence-electron chi connectivity index (χ1n) is 9.26. The Morgan fingerprint density at radius 2 is 1.83 bits per heavy atom. The molecule has 9 heteroatoms. The third-order valence-corrected chi connectivity index (χ3v) is 6.24. The molecule has 3 rings (SSSR count). The zero-order valence-corrected chi connectivity index (χ0v) is 17.5. The summed E-state index contributed by atoms with van der Waals surface area (Å²) in [6.45, 7) is 1.33. The van der Waals surface area contributed by atoms with Gasteiger partial charge in [-0.15, -0.1) is 0 Å². The van der Waals surface area contributed by atoms with Crippen molar-refractivity contribution in [2.24, 2.45) is 0 Å². The second-order valence-corrected chi connectivity index (χ2v) is 9.22. The van der Waals surface area contributed by atoms with E-state index in [2.05, 4.69) is 15.1 Å². The number of rotatable bonds is 9. The number of hydrogen-bond acceptors (Lipinski definition) is 5. The van der Waals surface area contributed by atoms with Gasteiger partial charge in [0.25, 0.3) is 10.0 Å². The van der Waals surface area contributed by atoms with Crippen LogP contribution in [-0.4, -0.2) is 55.5 Å². The Labute approximate surface area is 170 Å². The lowest BCUT2D eigenvalue weighted by molar-refractivity contribution is 0.277. The summed E-state index contributed by atoms with van der Waals surface area (Å²) in [4.78, 5) is 2.07. The molecule has 0 bridgehead atoms. The lowest BCUT2D eigenvalue weighted by Gasteiger charge is -2.14. The SMILES string of the molecule is CN(CCCc1cc(-c2ccc(F)cc2)n[nH]1)Cc1ccc(S(=O)(=O)N(C)C)o1. The summed E-state index contributed by atoms with van der Waals surface area (Å²) >= 11 is 0. The van der Waals surface area contributed by atoms with Crippen LogP contribution in [0.5, 0.6) is 0 Å². The molecular weight excluding hydrogens is 395 g/mol. The van der Waals surface area contributed by atoms with Gasteiger partial charge in [-0.25, -0.2) is 17.1 Å². The van der Waals surface area contributed by atoms with Crippen molar-refractivity contribution in [2.75, 3.05) is 27.7 Å². The highest BCUT2D eigenvalue weighted by Gasteiger charge is 2.21. The van der Waals surface area contributed by atoms with Crippen molar-refractivity contribution in [3.63, 3.8) is 0 Å². The number of aromatic nitrogens is 2. The average Bonchev–Trinajstić information content (AvgIpc) is 3.32. The topological polar surface area (TPSA) is 82.4 Å². The number of sulfonamides is 1. The number of nitrogens with one attached hydrogen (secondary N) is 1. The first kappa shape index (κ1) is 21.2. The van der Waals surface area contributed by atoms with E-state index in [1.807, 2.05) is 13.1 Å². The van der Waals surface area contributed by atoms with Crippen LogP contribution in [0.4, 0.5) is 4.39 Å². The summed E-state index contributed by atoms with van der Waals surface area (Å²) in [6, 6.07) is 11.4. The Morgan fingerprint density at radius 3 is 2.52 bits per heavy atom. The van der Waals surface area contributed by atoms with Crippen molar-refractivity contribution in [1.82, 2.24) is 19.4 Å². The number of benzene rings is 1. The third kappa shape index (κ3) is 5.31. The first-order valence-corrected chi connectivity index (χ1v) is 10.7. The predicted octanol–water partition coefficient (Wildman–Crippen LogP) is 3.12. The number of halogens is 1. The highest BCUT2D eigenvalue weighted by molar-refractivity contribution is 7.88. The van der Waals surface area contributed by atoms with Gasteiger partial charge in [0.05, 0.1) is 12.2 Å². The lowest BCUT2D eigenvalue weighted by atomic mass is 10.1. The molecule has 0 spiro atoms. The van der Waals surface area contributed by atoms with Crippen LogP contribution in [0.15, 0.2) is 52.0 Å². The second kappa shape index (κ2) is 8.89. The number of aryl methyl sites for hydroxylation is 1. The minimum Gasteiger partial charge on any atom is -0.447 e. The van der Waals surface area contributed by atoms with Crippen LogP contribution in [0.3, 0.4) is 0 Å². The molecule has 0 fully saturated rings. The molecule has 3 aromatic rings. The number of aromatic amines is 1. The highest BCUT2D eigenvalue weighted by Crippen LogP contribution is 2.20. The Bertz CT molecular complexity index is 1040. The molecule has 0 radical (unpaired) electrons. The van der Waals surface area contributed by atoms with Gasteiger partial charge in [0.1, 0.15) is 11.6 Å². The van der Waals surface area contributed by atoms with Gasteiger partial charge in [0, 0.05) is 25.4 Å². The summed E-state index contributed by atoms with van der Waals surface area (Å²) in [5.41, 5.74) is 2.67. The van der Waals surface area contributed by atoms with Crippen molar-refractivity contribution >= 4 is 10.0 Å². The summed E-state index contributed by atoms with van der Waals surface area (Å²) in [5, 5.41) is 7.26. The van der Waals surface area contributed by atoms with Crippen LogP contribution in [-0.2, 0) is 23.0 Å². The average molecular weight is 421 g/mol. The Balaban J connectivity index is 1.49. The molecule has 29 heavy (non-hydrogen) atoms. The molecule has 0 saturated carbocycles. The van der Waals surface area contributed by atoms with Crippen molar-refractivity contribution in [2.45, 2.75) is 24.5 Å². The van der Waals surface area contributed by atoms with Crippen LogP contribution in [0.1, 0.15) is 17.9 Å². The molecule has 1 N–H and O–H groups in total. The van der Waals surface area contributed by atoms with Gasteiger partial charge in [0.15, 0.2) is 0 Å². The van der Waals surface area contributed by atoms with Crippen molar-refractivity contribution in [3.05, 3.63) is 59.7 Å². The molecule has 0 atom stereocenters. The fourth-order valence-corrected chi connectivity index (χ4v) is 3.72. The third-order valence-electron chi connectivity index (χ3n) is 4.55. The normalized spacial score (nSPS) is 12.2. The molecule has 0 amide bonds. The predicted molar refractivity (Wildman–Crippen MR) is 108 cm³/mol. The van der Waals surface area contributed by atoms with Gasteiger partial charge in [-0.3, -0.25) is 10.00 Å². The Hall–Kier alpha value is -2.49. The molecule has 0 aliphatic heterocycles. The Morgan fingerprint density at radius 1 is 1.10 bits per heavy atom. The van der Waals surface area contributed by atoms with Crippen LogP contribution < -0.4 is 0 Å². The van der Waals surface area contributed by atoms with E-state index < -0.39 is 10.0 Å². The lowest BCUT2D eigenvalue weighted by Crippen LogP contribution is -2.22. The van der Waals surface area contributed by atoms with Gasteiger partial charge in [0.2, 0.25) is 5.09 Å². The monoisotopic (exact) mass is 420 g/mol. The molecule has 156 valence electrons. The quantitative estimate of drug-likeness (QED) is 0.575. The maximum atomic E-state index is 13.0. The summed E-state index contributed by atoms with van der Waals surface area (Å²) in [5.74, 6) is 0.337. The van der Waals surface area contributed by atoms with Crippen LogP contribution in [0, 0.1) is 5.82 Å². The van der Waals surface area contributed by atoms with Gasteiger partial charge in [-0.05, 0) is 68.9 Å². The largest absolute Gasteiger partial charge is 0.447 e. The fraction of sp³-hybridized carbons (Fsp3) is 0.350. The highest BCUT2D eigenvalue weighted by atomic mass is 32.2. The molecule has 0 saturated heterocycles. The van der Waals surface area contributed by atoms with E-state index in [0.29, 0.717) is 12.3 Å². The number of furan rings is 1. The standard InChI is InChI=1S/C20H25FN4O3S/c1-24(2)29(26,27)20-11-10-18(28-20)14-25(3)12-4-5-17-13-19(23-22-17)15-6-8-16(21)9-7-15/h6-11,13H,4-5,12,14H2,1-3H3,(H,22,23). The summed E-state index contributed by atoms with van der Waals surface area (Å²) < 4.78 is 43.8. The van der Waals surface area contributed by atoms with E-state index in [-0.39, 0.29) is 10.9 Å². The molecule has 7 nitrogen and oxygen atoms in total. The summed E-state index contributed by atoms with van der Waals surface area (Å²) in [7, 11) is 1.35. The number of hydrogen-bond donors (Lipinski definition) is 1. The van der Waals surface area contributed by atoms with E-state index in [9.17, 15) is 12.8 Å². The number of H-pyrrole nitrogens is 1. The minimum absolute atomic E-state index is 0.0447. The van der Waals surface area contributed by atoms with E-state index >= 15 is 0 Å². The van der Waals surface area contributed by atoms with Gasteiger partial charge < -0.3 is 4.42 Å². The zero-order valence-electron chi connectivity index (χ0n) is 16.7. The molecule has 0 aliphatic carbocycles. The smallest absolute Gasteiger partial charge is 0.275 e. The van der Waals surface area contributed by atoms with Gasteiger partial charge in [-0.2, -0.15) is 5.10 Å². The Kier molecular flexibility index (Phi) is 6.51. The molecule has 2 heterocycles. The zero-order chi connectivity index (χ0) is 21.0. The van der Waals surface area contributed by atoms with E-state index in [4.69, 9.17) is 4.42 Å². The van der Waals surface area contributed by atoms with E-state index in [1.54, 1.807) is 18.2 Å². The molecule has 0 unspecified atom stereocenters. The van der Waals surface area contributed by atoms with Crippen molar-refractivity contribution < 1.29 is 17.2 Å². The second-order valence-electron chi connectivity index (χ2n) is 7.13. The fourth-order valence-electron chi connectivity index (χ4n) is 2.90. The number of nitrogens with zero attached hydrogens (tertiary/aromatic N) is 3.